The van der Waals surface area contributed by atoms with E-state index in [9.17, 15) is 0 Å². The molecule has 1 aromatic heterocycles. The zero-order valence-corrected chi connectivity index (χ0v) is 14.4. The van der Waals surface area contributed by atoms with Crippen molar-refractivity contribution in [2.45, 2.75) is 13.5 Å². The highest BCUT2D eigenvalue weighted by Crippen LogP contribution is 2.25. The predicted molar refractivity (Wildman–Crippen MR) is 106 cm³/mol. The maximum Gasteiger partial charge on any atom is 0.119 e. The molecule has 0 spiro atoms. The van der Waals surface area contributed by atoms with Gasteiger partial charge in [0, 0.05) is 29.0 Å². The lowest BCUT2D eigenvalue weighted by atomic mass is 10.1. The minimum atomic E-state index is 0.840. The van der Waals surface area contributed by atoms with Gasteiger partial charge in [0.15, 0.2) is 0 Å². The summed E-state index contributed by atoms with van der Waals surface area (Å²) in [6.07, 6.45) is 3.98. The third-order valence-electron chi connectivity index (χ3n) is 4.58. The van der Waals surface area contributed by atoms with Gasteiger partial charge in [0.05, 0.1) is 18.1 Å². The molecule has 0 saturated heterocycles. The summed E-state index contributed by atoms with van der Waals surface area (Å²) in [5.41, 5.74) is 2.19. The van der Waals surface area contributed by atoms with E-state index in [1.54, 1.807) is 7.11 Å². The van der Waals surface area contributed by atoms with Crippen molar-refractivity contribution >= 4 is 39.7 Å². The molecular weight excluding hydrogens is 308 g/mol. The van der Waals surface area contributed by atoms with E-state index >= 15 is 0 Å². The first-order chi connectivity index (χ1) is 12.3. The molecule has 1 heterocycles. The third-order valence-corrected chi connectivity index (χ3v) is 4.58. The standard InChI is InChI=1S/C22H20N2O/c1-3-24-20(14-15-23-17-10-12-18(25-2)13-11-17)19-8-4-6-16-7-5-9-21(24)22(16)19/h4-15H,3H2,1-2H3/b20-14+,23-15?. The zero-order chi connectivity index (χ0) is 17.2. The van der Waals surface area contributed by atoms with Gasteiger partial charge in [-0.15, -0.1) is 0 Å². The van der Waals surface area contributed by atoms with E-state index in [0.29, 0.717) is 0 Å². The molecule has 0 atom stereocenters. The Labute approximate surface area is 146 Å². The van der Waals surface area contributed by atoms with E-state index in [4.69, 9.17) is 4.74 Å². The molecule has 4 rings (SSSR count). The van der Waals surface area contributed by atoms with Crippen molar-refractivity contribution in [2.75, 3.05) is 7.11 Å². The number of aliphatic imine (C=N–C) groups is 1. The highest BCUT2D eigenvalue weighted by Gasteiger charge is 2.09. The van der Waals surface area contributed by atoms with Crippen LogP contribution < -0.4 is 10.1 Å². The smallest absolute Gasteiger partial charge is 0.119 e. The van der Waals surface area contributed by atoms with Crippen LogP contribution in [0, 0.1) is 0 Å². The van der Waals surface area contributed by atoms with Crippen LogP contribution in [0.25, 0.3) is 27.8 Å². The normalized spacial score (nSPS) is 12.6. The minimum absolute atomic E-state index is 0.840. The number of methoxy groups -OCH3 is 1. The molecule has 0 saturated carbocycles. The highest BCUT2D eigenvalue weighted by molar-refractivity contribution is 6.11. The second kappa shape index (κ2) is 6.44. The lowest BCUT2D eigenvalue weighted by Gasteiger charge is -2.01. The fourth-order valence-corrected chi connectivity index (χ4v) is 3.42. The van der Waals surface area contributed by atoms with E-state index in [-0.39, 0.29) is 0 Å². The van der Waals surface area contributed by atoms with Crippen LogP contribution >= 0.6 is 0 Å². The van der Waals surface area contributed by atoms with Crippen LogP contribution in [0.15, 0.2) is 65.7 Å². The first-order valence-corrected chi connectivity index (χ1v) is 8.50. The van der Waals surface area contributed by atoms with Gasteiger partial charge in [-0.25, -0.2) is 0 Å². The first-order valence-electron chi connectivity index (χ1n) is 8.50. The number of hydrogen-bond donors (Lipinski definition) is 0. The lowest BCUT2D eigenvalue weighted by Crippen LogP contribution is -2.15. The summed E-state index contributed by atoms with van der Waals surface area (Å²) >= 11 is 0. The van der Waals surface area contributed by atoms with Gasteiger partial charge in [-0.2, -0.15) is 0 Å². The van der Waals surface area contributed by atoms with Gasteiger partial charge in [0.25, 0.3) is 0 Å². The Morgan fingerprint density at radius 2 is 1.76 bits per heavy atom. The summed E-state index contributed by atoms with van der Waals surface area (Å²) < 4.78 is 7.53. The maximum absolute atomic E-state index is 5.18. The van der Waals surface area contributed by atoms with Crippen LogP contribution in [-0.2, 0) is 6.54 Å². The monoisotopic (exact) mass is 328 g/mol. The molecule has 0 amide bonds. The van der Waals surface area contributed by atoms with Crippen LogP contribution in [0.3, 0.4) is 0 Å². The Bertz CT molecular complexity index is 1100. The number of benzene rings is 3. The number of ether oxygens (including phenoxy) is 1. The van der Waals surface area contributed by atoms with Gasteiger partial charge < -0.3 is 9.30 Å². The summed E-state index contributed by atoms with van der Waals surface area (Å²) in [6.45, 7) is 3.11. The molecule has 3 nitrogen and oxygen atoms in total. The van der Waals surface area contributed by atoms with E-state index < -0.39 is 0 Å². The predicted octanol–water partition coefficient (Wildman–Crippen LogP) is 4.72. The molecular formula is C22H20N2O. The van der Waals surface area contributed by atoms with Crippen molar-refractivity contribution < 1.29 is 4.74 Å². The van der Waals surface area contributed by atoms with Crippen molar-refractivity contribution in [3.05, 3.63) is 66.0 Å². The average Bonchev–Trinajstić information content (AvgIpc) is 2.97. The average molecular weight is 328 g/mol. The summed E-state index contributed by atoms with van der Waals surface area (Å²) in [5, 5.41) is 5.09. The molecule has 0 unspecified atom stereocenters. The summed E-state index contributed by atoms with van der Waals surface area (Å²) in [7, 11) is 1.67. The largest absolute Gasteiger partial charge is 0.497 e. The summed E-state index contributed by atoms with van der Waals surface area (Å²) in [4.78, 5) is 4.56. The molecule has 0 aliphatic carbocycles. The number of rotatable bonds is 4. The fraction of sp³-hybridized carbons (Fsp3) is 0.136. The molecule has 3 heteroatoms. The van der Waals surface area contributed by atoms with Gasteiger partial charge in [-0.1, -0.05) is 30.3 Å². The quantitative estimate of drug-likeness (QED) is 0.498. The second-order valence-corrected chi connectivity index (χ2v) is 5.95. The summed E-state index contributed by atoms with van der Waals surface area (Å²) in [6, 6.07) is 20.7. The molecule has 0 N–H and O–H groups in total. The van der Waals surface area contributed by atoms with Gasteiger partial charge >= 0.3 is 0 Å². The number of aryl methyl sites for hydroxylation is 1. The molecule has 0 aliphatic rings. The molecule has 3 aromatic carbocycles. The lowest BCUT2D eigenvalue weighted by molar-refractivity contribution is 0.415. The van der Waals surface area contributed by atoms with E-state index in [0.717, 1.165) is 18.0 Å². The van der Waals surface area contributed by atoms with E-state index in [2.05, 4.69) is 59.0 Å². The molecule has 124 valence electrons. The van der Waals surface area contributed by atoms with Crippen molar-refractivity contribution in [2.24, 2.45) is 4.99 Å². The Balaban J connectivity index is 1.83. The molecule has 0 bridgehead atoms. The molecule has 0 aliphatic heterocycles. The molecule has 4 aromatic rings. The van der Waals surface area contributed by atoms with Gasteiger partial charge in [0.1, 0.15) is 5.75 Å². The van der Waals surface area contributed by atoms with Crippen molar-refractivity contribution in [1.82, 2.24) is 4.57 Å². The van der Waals surface area contributed by atoms with Gasteiger partial charge in [-0.3, -0.25) is 4.99 Å². The molecule has 25 heavy (non-hydrogen) atoms. The number of nitrogens with zero attached hydrogens (tertiary/aromatic N) is 2. The highest BCUT2D eigenvalue weighted by atomic mass is 16.5. The topological polar surface area (TPSA) is 26.5 Å². The van der Waals surface area contributed by atoms with Crippen LogP contribution in [0.5, 0.6) is 5.75 Å². The number of hydrogen-bond acceptors (Lipinski definition) is 2. The van der Waals surface area contributed by atoms with Crippen LogP contribution in [-0.4, -0.2) is 17.9 Å². The molecule has 0 fully saturated rings. The van der Waals surface area contributed by atoms with Crippen LogP contribution in [0.1, 0.15) is 6.92 Å². The minimum Gasteiger partial charge on any atom is -0.497 e. The van der Waals surface area contributed by atoms with Gasteiger partial charge in [0.2, 0.25) is 0 Å². The molecule has 0 radical (unpaired) electrons. The van der Waals surface area contributed by atoms with Crippen molar-refractivity contribution in [3.8, 4) is 5.75 Å². The second-order valence-electron chi connectivity index (χ2n) is 5.95. The Morgan fingerprint density at radius 3 is 2.48 bits per heavy atom. The van der Waals surface area contributed by atoms with Crippen LogP contribution in [0.4, 0.5) is 5.69 Å². The first kappa shape index (κ1) is 15.5. The Morgan fingerprint density at radius 1 is 1.00 bits per heavy atom. The number of aromatic nitrogens is 1. The Kier molecular flexibility index (Phi) is 3.98. The SMILES string of the molecule is CCn1/c(=C/C=Nc2ccc(OC)cc2)c2cccc3cccc1c32. The van der Waals surface area contributed by atoms with Crippen molar-refractivity contribution in [3.63, 3.8) is 0 Å². The summed E-state index contributed by atoms with van der Waals surface area (Å²) in [5.74, 6) is 0.840. The Hall–Kier alpha value is -3.07. The van der Waals surface area contributed by atoms with E-state index in [1.165, 1.54) is 27.0 Å². The van der Waals surface area contributed by atoms with E-state index in [1.807, 2.05) is 30.5 Å². The van der Waals surface area contributed by atoms with Crippen LogP contribution in [0.2, 0.25) is 0 Å². The van der Waals surface area contributed by atoms with Gasteiger partial charge in [-0.05, 0) is 48.7 Å². The zero-order valence-electron chi connectivity index (χ0n) is 14.4. The maximum atomic E-state index is 5.18. The van der Waals surface area contributed by atoms with Crippen molar-refractivity contribution in [1.29, 1.82) is 0 Å². The third kappa shape index (κ3) is 2.68. The fourth-order valence-electron chi connectivity index (χ4n) is 3.42.